The minimum Gasteiger partial charge on any atom is -0.506 e. The van der Waals surface area contributed by atoms with E-state index in [0.29, 0.717) is 0 Å². The zero-order valence-electron chi connectivity index (χ0n) is 32.1. The third-order valence-electron chi connectivity index (χ3n) is 9.21. The van der Waals surface area contributed by atoms with E-state index in [-0.39, 0.29) is 85.2 Å². The number of pyridine rings is 4. The first-order valence-electron chi connectivity index (χ1n) is 18.4. The van der Waals surface area contributed by atoms with Gasteiger partial charge in [-0.15, -0.1) is 18.3 Å². The van der Waals surface area contributed by atoms with Crippen LogP contribution in [0.15, 0.2) is 144 Å². The van der Waals surface area contributed by atoms with E-state index >= 15 is 0 Å². The molecule has 0 aliphatic carbocycles. The summed E-state index contributed by atoms with van der Waals surface area (Å²) in [4.78, 5) is 46.2. The van der Waals surface area contributed by atoms with Gasteiger partial charge in [0.15, 0.2) is 23.0 Å². The summed E-state index contributed by atoms with van der Waals surface area (Å²) in [6.07, 6.45) is 2.92. The molecule has 0 spiro atoms. The lowest BCUT2D eigenvalue weighted by atomic mass is 10.1. The molecule has 0 bridgehead atoms. The van der Waals surface area contributed by atoms with Gasteiger partial charge >= 0.3 is 0 Å². The maximum Gasteiger partial charge on any atom is 0.299 e. The molecular weight excluding hydrogens is 829 g/mol. The van der Waals surface area contributed by atoms with Crippen molar-refractivity contribution in [3.8, 4) is 11.5 Å². The number of rotatable bonds is 8. The molecule has 3 aromatic carbocycles. The number of aromatic nitrogens is 4. The van der Waals surface area contributed by atoms with Gasteiger partial charge in [0.25, 0.3) is 31.2 Å². The molecule has 4 N–H and O–H groups in total. The molecule has 7 aromatic rings. The molecule has 0 radical (unpaired) electrons. The van der Waals surface area contributed by atoms with Crippen molar-refractivity contribution >= 4 is 65.2 Å². The lowest BCUT2D eigenvalue weighted by Crippen LogP contribution is -2.36. The van der Waals surface area contributed by atoms with Gasteiger partial charge in [-0.2, -0.15) is 16.8 Å². The number of nitrogens with zero attached hydrogens (tertiary/aromatic N) is 6. The van der Waals surface area contributed by atoms with E-state index in [1.165, 1.54) is 24.5 Å². The fourth-order valence-corrected chi connectivity index (χ4v) is 8.65. The Morgan fingerprint density at radius 1 is 0.607 bits per heavy atom. The fraction of sp³-hybridized carbons (Fsp3) is 0.122. The monoisotopic (exact) mass is 862 g/mol. The number of benzene rings is 3. The molecule has 6 heterocycles. The summed E-state index contributed by atoms with van der Waals surface area (Å²) in [5.74, 6) is -1.33. The highest BCUT2D eigenvalue weighted by Gasteiger charge is 2.32. The summed E-state index contributed by atoms with van der Waals surface area (Å²) in [5, 5.41) is 27.8. The molecule has 0 saturated carbocycles. The Hall–Kier alpha value is -7.58. The van der Waals surface area contributed by atoms with Gasteiger partial charge in [0, 0.05) is 12.4 Å². The van der Waals surface area contributed by atoms with Crippen molar-refractivity contribution in [1.29, 1.82) is 0 Å². The molecule has 4 aromatic heterocycles. The Kier molecular flexibility index (Phi) is 10.5. The van der Waals surface area contributed by atoms with Crippen LogP contribution in [0.25, 0.3) is 22.1 Å². The smallest absolute Gasteiger partial charge is 0.299 e. The zero-order valence-corrected chi connectivity index (χ0v) is 33.8. The highest BCUT2D eigenvalue weighted by atomic mass is 32.2. The van der Waals surface area contributed by atoms with Crippen LogP contribution in [0.4, 0.5) is 11.4 Å². The third-order valence-corrected chi connectivity index (χ3v) is 11.9. The lowest BCUT2D eigenvalue weighted by Gasteiger charge is -2.20. The average Bonchev–Trinajstić information content (AvgIpc) is 3.24. The molecule has 0 amide bonds. The zero-order chi connectivity index (χ0) is 43.1. The van der Waals surface area contributed by atoms with Gasteiger partial charge in [0.1, 0.15) is 45.6 Å². The number of anilines is 2. The number of amidine groups is 2. The van der Waals surface area contributed by atoms with Crippen molar-refractivity contribution in [2.75, 3.05) is 17.2 Å². The Labute approximate surface area is 346 Å². The van der Waals surface area contributed by atoms with Crippen molar-refractivity contribution in [2.24, 2.45) is 14.7 Å². The van der Waals surface area contributed by atoms with E-state index in [9.17, 15) is 36.6 Å². The largest absolute Gasteiger partial charge is 0.506 e. The van der Waals surface area contributed by atoms with E-state index in [0.717, 1.165) is 15.0 Å². The quantitative estimate of drug-likeness (QED) is 0.169. The lowest BCUT2D eigenvalue weighted by molar-refractivity contribution is 0.0891. The van der Waals surface area contributed by atoms with E-state index in [1.807, 2.05) is 44.2 Å². The van der Waals surface area contributed by atoms with E-state index in [4.69, 9.17) is 9.68 Å². The van der Waals surface area contributed by atoms with Crippen LogP contribution in [0, 0.1) is 5.92 Å². The second-order valence-electron chi connectivity index (χ2n) is 13.9. The molecule has 9 rings (SSSR count). The van der Waals surface area contributed by atoms with Crippen molar-refractivity contribution in [2.45, 2.75) is 30.2 Å². The first kappa shape index (κ1) is 40.2. The summed E-state index contributed by atoms with van der Waals surface area (Å²) >= 11 is 0. The minimum atomic E-state index is -4.08. The van der Waals surface area contributed by atoms with Gasteiger partial charge in [-0.3, -0.25) is 9.59 Å². The van der Waals surface area contributed by atoms with E-state index in [1.54, 1.807) is 60.7 Å². The predicted octanol–water partition coefficient (Wildman–Crippen LogP) is 4.04. The van der Waals surface area contributed by atoms with Crippen LogP contribution in [-0.2, 0) is 26.7 Å². The fourth-order valence-electron chi connectivity index (χ4n) is 6.40. The third kappa shape index (κ3) is 7.60. The molecule has 18 nitrogen and oxygen atoms in total. The second kappa shape index (κ2) is 15.9. The number of hydrogen-bond acceptors (Lipinski definition) is 14. The normalized spacial score (nSPS) is 14.6. The van der Waals surface area contributed by atoms with Crippen LogP contribution in [0.3, 0.4) is 0 Å². The summed E-state index contributed by atoms with van der Waals surface area (Å²) < 4.78 is 59.9. The number of para-hydroxylation sites is 2. The Morgan fingerprint density at radius 3 is 1.52 bits per heavy atom. The van der Waals surface area contributed by atoms with Gasteiger partial charge in [0.05, 0.1) is 22.1 Å². The minimum absolute atomic E-state index is 0.0120. The molecule has 61 heavy (non-hydrogen) atoms. The van der Waals surface area contributed by atoms with Crippen LogP contribution < -0.4 is 31.4 Å². The first-order valence-corrected chi connectivity index (χ1v) is 21.3. The molecule has 0 unspecified atom stereocenters. The summed E-state index contributed by atoms with van der Waals surface area (Å²) in [7, 11) is -8.14. The molecule has 0 saturated heterocycles. The number of aromatic hydroxyl groups is 2. The van der Waals surface area contributed by atoms with Crippen molar-refractivity contribution < 1.29 is 36.7 Å². The molecule has 0 fully saturated rings. The van der Waals surface area contributed by atoms with Crippen molar-refractivity contribution in [1.82, 2.24) is 19.4 Å². The molecule has 310 valence electrons. The van der Waals surface area contributed by atoms with Gasteiger partial charge < -0.3 is 30.5 Å². The van der Waals surface area contributed by atoms with Crippen LogP contribution >= 0.6 is 0 Å². The van der Waals surface area contributed by atoms with Gasteiger partial charge in [-0.05, 0) is 60.0 Å². The Bertz CT molecular complexity index is 3300. The molecule has 2 aliphatic heterocycles. The van der Waals surface area contributed by atoms with Crippen LogP contribution in [0.1, 0.15) is 30.5 Å². The number of fused-ring (bicyclic) bond motifs is 4. The summed E-state index contributed by atoms with van der Waals surface area (Å²) in [5.41, 5.74) is -0.683. The average molecular weight is 863 g/mol. The maximum absolute atomic E-state index is 13.4. The molecule has 2 aliphatic rings. The highest BCUT2D eigenvalue weighted by molar-refractivity contribution is 7.90. The standard InChI is InChI=1S/C22H16N4O5S.C19H18N4O5S/c27-19-15-9-6-12-23-21(15)26(31-13-14-7-2-1-3-8-14)22(28)18(19)20-24-16-10-4-5-11-17(16)32(29,30)25-20;1-11(2)10-28-23-18-12(6-5-9-20-18)16(24)15(19(23)25)17-21-13-7-3-4-8-14(13)29(26,27)22-17/h1-12,27H,13H2,(H,24,25);3-9,11,24H,10H2,1-2H3,(H,21,22). The molecular formula is C41H34N8O10S2. The summed E-state index contributed by atoms with van der Waals surface area (Å²) in [6, 6.07) is 27.8. The van der Waals surface area contributed by atoms with Crippen LogP contribution in [0.2, 0.25) is 0 Å². The first-order chi connectivity index (χ1) is 29.2. The maximum atomic E-state index is 13.4. The number of sulfonamides is 2. The van der Waals surface area contributed by atoms with Gasteiger partial charge in [-0.1, -0.05) is 68.4 Å². The Morgan fingerprint density at radius 2 is 1.05 bits per heavy atom. The number of hydrogen-bond donors (Lipinski definition) is 4. The van der Waals surface area contributed by atoms with E-state index < -0.39 is 42.7 Å². The molecule has 0 atom stereocenters. The predicted molar refractivity (Wildman–Crippen MR) is 226 cm³/mol. The SMILES string of the molecule is CC(C)COn1c(=O)c(C2=NS(=O)(=O)c3ccccc3N2)c(O)c2cccnc21.O=c1c(C2=NS(=O)(=O)c3ccccc3N2)c(O)c2cccnc2n1OCc1ccccc1. The summed E-state index contributed by atoms with van der Waals surface area (Å²) in [6.45, 7) is 4.10. The molecule has 20 heteroatoms. The van der Waals surface area contributed by atoms with Gasteiger partial charge in [0.2, 0.25) is 0 Å². The van der Waals surface area contributed by atoms with E-state index in [2.05, 4.69) is 29.4 Å². The Balaban J connectivity index is 0.000000169. The van der Waals surface area contributed by atoms with Crippen LogP contribution in [-0.4, -0.2) is 64.8 Å². The van der Waals surface area contributed by atoms with Crippen molar-refractivity contribution in [3.63, 3.8) is 0 Å². The second-order valence-corrected chi connectivity index (χ2v) is 17.1. The van der Waals surface area contributed by atoms with Gasteiger partial charge in [-0.25, -0.2) is 9.97 Å². The van der Waals surface area contributed by atoms with Crippen molar-refractivity contribution in [3.05, 3.63) is 153 Å². The van der Waals surface area contributed by atoms with Crippen LogP contribution in [0.5, 0.6) is 11.5 Å². The topological polar surface area (TPSA) is 246 Å². The number of nitrogens with one attached hydrogen (secondary N) is 2. The highest BCUT2D eigenvalue weighted by Crippen LogP contribution is 2.33.